The van der Waals surface area contributed by atoms with E-state index in [9.17, 15) is 4.79 Å². The number of nitrogens with zero attached hydrogens (tertiary/aromatic N) is 1. The van der Waals surface area contributed by atoms with Gasteiger partial charge in [0.15, 0.2) is 5.75 Å². The zero-order valence-corrected chi connectivity index (χ0v) is 11.8. The van der Waals surface area contributed by atoms with E-state index < -0.39 is 5.97 Å². The molecule has 1 aromatic carbocycles. The number of ether oxygens (including phenoxy) is 3. The molecule has 2 N–H and O–H groups in total. The van der Waals surface area contributed by atoms with E-state index in [2.05, 4.69) is 4.98 Å². The summed E-state index contributed by atoms with van der Waals surface area (Å²) >= 11 is 0. The minimum Gasteiger partial charge on any atom is -0.497 e. The third-order valence-corrected chi connectivity index (χ3v) is 2.68. The Kier molecular flexibility index (Phi) is 4.61. The normalized spacial score (nSPS) is 10.0. The van der Waals surface area contributed by atoms with Gasteiger partial charge < -0.3 is 19.9 Å². The Hall–Kier alpha value is -2.76. The van der Waals surface area contributed by atoms with E-state index >= 15 is 0 Å². The van der Waals surface area contributed by atoms with Crippen molar-refractivity contribution in [2.75, 3.05) is 19.5 Å². The minimum absolute atomic E-state index is 0.319. The van der Waals surface area contributed by atoms with Crippen molar-refractivity contribution < 1.29 is 19.0 Å². The van der Waals surface area contributed by atoms with Crippen molar-refractivity contribution >= 4 is 11.7 Å². The monoisotopic (exact) mass is 288 g/mol. The number of hydrogen-bond donors (Lipinski definition) is 1. The second kappa shape index (κ2) is 6.60. The molecule has 2 rings (SSSR count). The molecule has 0 aliphatic heterocycles. The molecule has 1 heterocycles. The highest BCUT2D eigenvalue weighted by Gasteiger charge is 2.09. The fourth-order valence-corrected chi connectivity index (χ4v) is 1.63. The predicted molar refractivity (Wildman–Crippen MR) is 77.7 cm³/mol. The first-order chi connectivity index (χ1) is 10.1. The fourth-order valence-electron chi connectivity index (χ4n) is 1.63. The molecule has 0 fully saturated rings. The molecule has 0 aliphatic rings. The van der Waals surface area contributed by atoms with Crippen LogP contribution in [0.15, 0.2) is 36.5 Å². The van der Waals surface area contributed by atoms with Gasteiger partial charge in [0.05, 0.1) is 25.0 Å². The van der Waals surface area contributed by atoms with Crippen molar-refractivity contribution in [2.45, 2.75) is 6.92 Å². The van der Waals surface area contributed by atoms with E-state index in [1.807, 2.05) is 0 Å². The molecule has 0 amide bonds. The van der Waals surface area contributed by atoms with Gasteiger partial charge in [-0.05, 0) is 25.1 Å². The molecule has 0 saturated carbocycles. The Bertz CT molecular complexity index is 626. The van der Waals surface area contributed by atoms with Crippen LogP contribution in [0.5, 0.6) is 17.4 Å². The van der Waals surface area contributed by atoms with Gasteiger partial charge in [0, 0.05) is 18.3 Å². The summed E-state index contributed by atoms with van der Waals surface area (Å²) in [5, 5.41) is 0. The SMILES string of the molecule is CCOC(=O)c1ccc(Oc2ccc(OC)cc2N)nc1. The summed E-state index contributed by atoms with van der Waals surface area (Å²) in [6, 6.07) is 8.24. The first-order valence-electron chi connectivity index (χ1n) is 6.38. The van der Waals surface area contributed by atoms with Crippen molar-refractivity contribution in [2.24, 2.45) is 0 Å². The fraction of sp³-hybridized carbons (Fsp3) is 0.200. The molecule has 0 aliphatic carbocycles. The van der Waals surface area contributed by atoms with Gasteiger partial charge in [0.2, 0.25) is 5.88 Å². The van der Waals surface area contributed by atoms with Crippen LogP contribution in [0.25, 0.3) is 0 Å². The van der Waals surface area contributed by atoms with Gasteiger partial charge in [-0.2, -0.15) is 0 Å². The van der Waals surface area contributed by atoms with E-state index in [1.165, 1.54) is 6.20 Å². The number of esters is 1. The zero-order valence-electron chi connectivity index (χ0n) is 11.8. The third kappa shape index (κ3) is 3.62. The number of nitrogens with two attached hydrogens (primary N) is 1. The van der Waals surface area contributed by atoms with Gasteiger partial charge in [-0.25, -0.2) is 9.78 Å². The van der Waals surface area contributed by atoms with Crippen molar-refractivity contribution in [1.82, 2.24) is 4.98 Å². The molecule has 0 bridgehead atoms. The first kappa shape index (κ1) is 14.6. The number of carbonyl (C=O) groups excluding carboxylic acids is 1. The lowest BCUT2D eigenvalue weighted by molar-refractivity contribution is 0.0526. The number of aromatic nitrogens is 1. The van der Waals surface area contributed by atoms with Crippen LogP contribution in [-0.4, -0.2) is 24.7 Å². The van der Waals surface area contributed by atoms with Gasteiger partial charge in [-0.3, -0.25) is 0 Å². The molecule has 6 heteroatoms. The van der Waals surface area contributed by atoms with Crippen molar-refractivity contribution in [3.8, 4) is 17.4 Å². The molecule has 6 nitrogen and oxygen atoms in total. The number of carbonyl (C=O) groups is 1. The van der Waals surface area contributed by atoms with Crippen LogP contribution in [0, 0.1) is 0 Å². The lowest BCUT2D eigenvalue weighted by Crippen LogP contribution is -2.05. The smallest absolute Gasteiger partial charge is 0.339 e. The zero-order chi connectivity index (χ0) is 15.2. The number of methoxy groups -OCH3 is 1. The van der Waals surface area contributed by atoms with Crippen LogP contribution in [0.1, 0.15) is 17.3 Å². The first-order valence-corrected chi connectivity index (χ1v) is 6.38. The highest BCUT2D eigenvalue weighted by atomic mass is 16.5. The maximum atomic E-state index is 11.5. The largest absolute Gasteiger partial charge is 0.497 e. The average Bonchev–Trinajstić information content (AvgIpc) is 2.50. The summed E-state index contributed by atoms with van der Waals surface area (Å²) in [7, 11) is 1.56. The van der Waals surface area contributed by atoms with E-state index in [4.69, 9.17) is 19.9 Å². The lowest BCUT2D eigenvalue weighted by Gasteiger charge is -2.09. The summed E-state index contributed by atoms with van der Waals surface area (Å²) in [6.45, 7) is 2.06. The maximum Gasteiger partial charge on any atom is 0.339 e. The molecule has 21 heavy (non-hydrogen) atoms. The summed E-state index contributed by atoms with van der Waals surface area (Å²) in [6.07, 6.45) is 1.40. The molecule has 0 saturated heterocycles. The maximum absolute atomic E-state index is 11.5. The molecule has 1 aromatic heterocycles. The third-order valence-electron chi connectivity index (χ3n) is 2.68. The second-order valence-corrected chi connectivity index (χ2v) is 4.11. The van der Waals surface area contributed by atoms with Crippen LogP contribution >= 0.6 is 0 Å². The molecule has 0 unspecified atom stereocenters. The lowest BCUT2D eigenvalue weighted by atomic mass is 10.2. The van der Waals surface area contributed by atoms with E-state index in [0.717, 1.165) is 0 Å². The van der Waals surface area contributed by atoms with E-state index in [-0.39, 0.29) is 0 Å². The van der Waals surface area contributed by atoms with Crippen molar-refractivity contribution in [3.05, 3.63) is 42.1 Å². The van der Waals surface area contributed by atoms with Crippen LogP contribution in [-0.2, 0) is 4.74 Å². The number of rotatable bonds is 5. The highest BCUT2D eigenvalue weighted by Crippen LogP contribution is 2.29. The molecule has 0 atom stereocenters. The number of anilines is 1. The van der Waals surface area contributed by atoms with Crippen molar-refractivity contribution in [1.29, 1.82) is 0 Å². The van der Waals surface area contributed by atoms with Gasteiger partial charge in [0.1, 0.15) is 5.75 Å². The van der Waals surface area contributed by atoms with Crippen LogP contribution in [0.2, 0.25) is 0 Å². The molecule has 2 aromatic rings. The molecule has 0 radical (unpaired) electrons. The summed E-state index contributed by atoms with van der Waals surface area (Å²) in [5.74, 6) is 1.03. The standard InChI is InChI=1S/C15H16N2O4/c1-3-20-15(18)10-4-7-14(17-9-10)21-13-6-5-11(19-2)8-12(13)16/h4-9H,3,16H2,1-2H3. The Balaban J connectivity index is 2.11. The Morgan fingerprint density at radius 3 is 2.67 bits per heavy atom. The Morgan fingerprint density at radius 2 is 2.10 bits per heavy atom. The highest BCUT2D eigenvalue weighted by molar-refractivity contribution is 5.89. The van der Waals surface area contributed by atoms with Gasteiger partial charge >= 0.3 is 5.97 Å². The van der Waals surface area contributed by atoms with Crippen LogP contribution in [0.3, 0.4) is 0 Å². The van der Waals surface area contributed by atoms with Gasteiger partial charge in [-0.1, -0.05) is 0 Å². The molecule has 0 spiro atoms. The van der Waals surface area contributed by atoms with E-state index in [0.29, 0.717) is 35.2 Å². The number of nitrogen functional groups attached to an aromatic ring is 1. The van der Waals surface area contributed by atoms with Crippen LogP contribution in [0.4, 0.5) is 5.69 Å². The number of hydrogen-bond acceptors (Lipinski definition) is 6. The number of pyridine rings is 1. The topological polar surface area (TPSA) is 83.7 Å². The predicted octanol–water partition coefficient (Wildman–Crippen LogP) is 2.64. The quantitative estimate of drug-likeness (QED) is 0.672. The minimum atomic E-state index is -0.416. The van der Waals surface area contributed by atoms with Gasteiger partial charge in [-0.15, -0.1) is 0 Å². The average molecular weight is 288 g/mol. The molecule has 110 valence electrons. The second-order valence-electron chi connectivity index (χ2n) is 4.11. The summed E-state index contributed by atoms with van der Waals surface area (Å²) < 4.78 is 15.5. The summed E-state index contributed by atoms with van der Waals surface area (Å²) in [4.78, 5) is 15.6. The van der Waals surface area contributed by atoms with Gasteiger partial charge in [0.25, 0.3) is 0 Å². The Labute approximate surface area is 122 Å². The van der Waals surface area contributed by atoms with Crippen molar-refractivity contribution in [3.63, 3.8) is 0 Å². The molecular formula is C15H16N2O4. The number of benzene rings is 1. The van der Waals surface area contributed by atoms with E-state index in [1.54, 1.807) is 44.4 Å². The summed E-state index contributed by atoms with van der Waals surface area (Å²) in [5.41, 5.74) is 6.66. The Morgan fingerprint density at radius 1 is 1.29 bits per heavy atom. The van der Waals surface area contributed by atoms with Crippen LogP contribution < -0.4 is 15.2 Å². The molecular weight excluding hydrogens is 272 g/mol.